The number of amides is 3. The number of nitrogens with one attached hydrogen (secondary N) is 3. The predicted molar refractivity (Wildman–Crippen MR) is 119 cm³/mol. The Morgan fingerprint density at radius 2 is 1.39 bits per heavy atom. The van der Waals surface area contributed by atoms with E-state index in [1.807, 2.05) is 6.92 Å². The molecule has 0 heterocycles. The van der Waals surface area contributed by atoms with Gasteiger partial charge in [-0.25, -0.2) is 4.79 Å². The molecule has 0 saturated carbocycles. The van der Waals surface area contributed by atoms with Crippen LogP contribution in [0.1, 0.15) is 60.3 Å². The number of aliphatic carboxylic acids is 2. The van der Waals surface area contributed by atoms with E-state index in [-0.39, 0.29) is 24.7 Å². The fourth-order valence-corrected chi connectivity index (χ4v) is 2.93. The van der Waals surface area contributed by atoms with Crippen molar-refractivity contribution in [3.63, 3.8) is 0 Å². The van der Waals surface area contributed by atoms with Gasteiger partial charge in [0.1, 0.15) is 18.1 Å². The number of hydrogen-bond donors (Lipinski definition) is 7. The van der Waals surface area contributed by atoms with Gasteiger partial charge in [0, 0.05) is 6.42 Å². The topological polar surface area (TPSA) is 208 Å². The van der Waals surface area contributed by atoms with Gasteiger partial charge in [0.05, 0.1) is 12.1 Å². The minimum absolute atomic E-state index is 0.0451. The van der Waals surface area contributed by atoms with Crippen molar-refractivity contribution in [2.24, 2.45) is 17.6 Å². The van der Waals surface area contributed by atoms with E-state index in [0.717, 1.165) is 0 Å². The van der Waals surface area contributed by atoms with Crippen LogP contribution in [0.15, 0.2) is 0 Å². The molecule has 8 N–H and O–H groups in total. The summed E-state index contributed by atoms with van der Waals surface area (Å²) in [5, 5.41) is 35.3. The molecule has 190 valence electrons. The largest absolute Gasteiger partial charge is 0.481 e. The number of carbonyl (C=O) groups is 5. The minimum atomic E-state index is -1.53. The average molecular weight is 475 g/mol. The number of hydrogen-bond acceptors (Lipinski definition) is 7. The Balaban J connectivity index is 5.52. The van der Waals surface area contributed by atoms with Gasteiger partial charge in [0.25, 0.3) is 0 Å². The molecule has 3 amide bonds. The first-order chi connectivity index (χ1) is 15.2. The van der Waals surface area contributed by atoms with Gasteiger partial charge in [0.15, 0.2) is 0 Å². The molecule has 0 saturated heterocycles. The number of nitrogens with two attached hydrogens (primary N) is 1. The molecule has 6 unspecified atom stereocenters. The second-order valence-corrected chi connectivity index (χ2v) is 8.66. The zero-order chi connectivity index (χ0) is 25.9. The number of aliphatic hydroxyl groups is 1. The summed E-state index contributed by atoms with van der Waals surface area (Å²) in [7, 11) is 0. The monoisotopic (exact) mass is 474 g/mol. The highest BCUT2D eigenvalue weighted by atomic mass is 16.4. The summed E-state index contributed by atoms with van der Waals surface area (Å²) < 4.78 is 0. The van der Waals surface area contributed by atoms with Gasteiger partial charge in [-0.15, -0.1) is 0 Å². The molecule has 0 aliphatic carbocycles. The van der Waals surface area contributed by atoms with Crippen molar-refractivity contribution in [2.75, 3.05) is 0 Å². The minimum Gasteiger partial charge on any atom is -0.481 e. The summed E-state index contributed by atoms with van der Waals surface area (Å²) in [5.74, 6) is -5.19. The molecular formula is C21H38N4O8. The fourth-order valence-electron chi connectivity index (χ4n) is 2.93. The molecule has 33 heavy (non-hydrogen) atoms. The molecule has 0 rings (SSSR count). The van der Waals surface area contributed by atoms with Crippen molar-refractivity contribution in [3.05, 3.63) is 0 Å². The molecular weight excluding hydrogens is 436 g/mol. The van der Waals surface area contributed by atoms with E-state index < -0.39 is 66.4 Å². The van der Waals surface area contributed by atoms with Crippen LogP contribution in [0.3, 0.4) is 0 Å². The van der Waals surface area contributed by atoms with Crippen molar-refractivity contribution in [1.82, 2.24) is 16.0 Å². The van der Waals surface area contributed by atoms with Crippen LogP contribution in [-0.4, -0.2) is 75.3 Å². The van der Waals surface area contributed by atoms with Gasteiger partial charge in [0.2, 0.25) is 17.7 Å². The van der Waals surface area contributed by atoms with E-state index in [4.69, 9.17) is 10.8 Å². The molecule has 0 fully saturated rings. The van der Waals surface area contributed by atoms with Crippen molar-refractivity contribution < 1.29 is 39.3 Å². The zero-order valence-electron chi connectivity index (χ0n) is 19.8. The Morgan fingerprint density at radius 1 is 0.848 bits per heavy atom. The Kier molecular flexibility index (Phi) is 13.2. The molecule has 0 aliphatic heterocycles. The third kappa shape index (κ3) is 11.1. The van der Waals surface area contributed by atoms with Gasteiger partial charge in [-0.2, -0.15) is 0 Å². The van der Waals surface area contributed by atoms with E-state index in [1.165, 1.54) is 6.92 Å². The van der Waals surface area contributed by atoms with Gasteiger partial charge < -0.3 is 37.0 Å². The molecule has 0 radical (unpaired) electrons. The lowest BCUT2D eigenvalue weighted by molar-refractivity contribution is -0.143. The van der Waals surface area contributed by atoms with Crippen LogP contribution in [0.4, 0.5) is 0 Å². The molecule has 0 bridgehead atoms. The maximum Gasteiger partial charge on any atom is 0.326 e. The molecule has 12 heteroatoms. The van der Waals surface area contributed by atoms with Crippen LogP contribution < -0.4 is 21.7 Å². The van der Waals surface area contributed by atoms with Crippen LogP contribution in [0.25, 0.3) is 0 Å². The summed E-state index contributed by atoms with van der Waals surface area (Å²) in [6.07, 6.45) is -1.39. The lowest BCUT2D eigenvalue weighted by Gasteiger charge is -2.27. The first-order valence-electron chi connectivity index (χ1n) is 11.0. The third-order valence-electron chi connectivity index (χ3n) is 5.22. The maximum absolute atomic E-state index is 12.8. The summed E-state index contributed by atoms with van der Waals surface area (Å²) in [5.41, 5.74) is 5.88. The smallest absolute Gasteiger partial charge is 0.326 e. The van der Waals surface area contributed by atoms with Gasteiger partial charge in [-0.1, -0.05) is 34.1 Å². The molecule has 0 spiro atoms. The van der Waals surface area contributed by atoms with Crippen molar-refractivity contribution in [1.29, 1.82) is 0 Å². The van der Waals surface area contributed by atoms with E-state index in [0.29, 0.717) is 6.42 Å². The second kappa shape index (κ2) is 14.4. The van der Waals surface area contributed by atoms with E-state index >= 15 is 0 Å². The number of carboxylic acid groups (broad SMARTS) is 2. The second-order valence-electron chi connectivity index (χ2n) is 8.66. The Labute approximate surface area is 193 Å². The predicted octanol–water partition coefficient (Wildman–Crippen LogP) is -0.809. The highest BCUT2D eigenvalue weighted by Crippen LogP contribution is 2.09. The van der Waals surface area contributed by atoms with Crippen molar-refractivity contribution >= 4 is 29.7 Å². The quantitative estimate of drug-likeness (QED) is 0.158. The average Bonchev–Trinajstić information content (AvgIpc) is 2.71. The number of carbonyl (C=O) groups excluding carboxylic acids is 3. The van der Waals surface area contributed by atoms with E-state index in [9.17, 15) is 34.2 Å². The van der Waals surface area contributed by atoms with Crippen LogP contribution in [0.5, 0.6) is 0 Å². The van der Waals surface area contributed by atoms with Crippen molar-refractivity contribution in [2.45, 2.75) is 90.6 Å². The van der Waals surface area contributed by atoms with Gasteiger partial charge >= 0.3 is 11.9 Å². The Bertz CT molecular complexity index is 698. The molecule has 0 aliphatic rings. The number of carboxylic acids is 2. The third-order valence-corrected chi connectivity index (χ3v) is 5.22. The number of rotatable bonds is 15. The molecule has 0 aromatic carbocycles. The summed E-state index contributed by atoms with van der Waals surface area (Å²) >= 11 is 0. The highest BCUT2D eigenvalue weighted by Gasteiger charge is 2.33. The standard InChI is InChI=1S/C21H38N4O8/c1-6-11(4)16(22)19(30)23-13(7-8-15(27)28)18(29)25-17(12(5)26)20(31)24-14(21(32)33)9-10(2)3/h10-14,16-17,26H,6-9,22H2,1-5H3,(H,23,30)(H,24,31)(H,25,29)(H,27,28)(H,32,33). The lowest BCUT2D eigenvalue weighted by Crippen LogP contribution is -2.60. The summed E-state index contributed by atoms with van der Waals surface area (Å²) in [6, 6.07) is -5.02. The van der Waals surface area contributed by atoms with Gasteiger partial charge in [-0.05, 0) is 31.6 Å². The first kappa shape index (κ1) is 30.3. The van der Waals surface area contributed by atoms with E-state index in [2.05, 4.69) is 16.0 Å². The first-order valence-corrected chi connectivity index (χ1v) is 11.0. The molecule has 0 aromatic heterocycles. The highest BCUT2D eigenvalue weighted by molar-refractivity contribution is 5.94. The normalized spacial score (nSPS) is 16.6. The SMILES string of the molecule is CCC(C)C(N)C(=O)NC(CCC(=O)O)C(=O)NC(C(=O)NC(CC(C)C)C(=O)O)C(C)O. The molecule has 12 nitrogen and oxygen atoms in total. The maximum atomic E-state index is 12.8. The van der Waals surface area contributed by atoms with Crippen LogP contribution in [0.2, 0.25) is 0 Å². The fraction of sp³-hybridized carbons (Fsp3) is 0.762. The van der Waals surface area contributed by atoms with Gasteiger partial charge in [-0.3, -0.25) is 19.2 Å². The van der Waals surface area contributed by atoms with Crippen LogP contribution in [0, 0.1) is 11.8 Å². The molecule has 0 aromatic rings. The summed E-state index contributed by atoms with van der Waals surface area (Å²) in [6.45, 7) is 8.36. The Hall–Kier alpha value is -2.73. The van der Waals surface area contributed by atoms with Crippen molar-refractivity contribution in [3.8, 4) is 0 Å². The molecule has 6 atom stereocenters. The van der Waals surface area contributed by atoms with Crippen LogP contribution in [-0.2, 0) is 24.0 Å². The summed E-state index contributed by atoms with van der Waals surface area (Å²) in [4.78, 5) is 60.2. The lowest BCUT2D eigenvalue weighted by atomic mass is 9.98. The van der Waals surface area contributed by atoms with Crippen LogP contribution >= 0.6 is 0 Å². The Morgan fingerprint density at radius 3 is 1.82 bits per heavy atom. The van der Waals surface area contributed by atoms with E-state index in [1.54, 1.807) is 20.8 Å². The number of aliphatic hydroxyl groups excluding tert-OH is 1. The zero-order valence-corrected chi connectivity index (χ0v) is 19.8.